The first-order valence-electron chi connectivity index (χ1n) is 8.97. The van der Waals surface area contributed by atoms with E-state index in [0.29, 0.717) is 5.56 Å². The highest BCUT2D eigenvalue weighted by molar-refractivity contribution is 6.22. The van der Waals surface area contributed by atoms with Gasteiger partial charge in [-0.3, -0.25) is 24.1 Å². The second-order valence-electron chi connectivity index (χ2n) is 6.99. The van der Waals surface area contributed by atoms with E-state index in [1.807, 2.05) is 26.8 Å². The minimum atomic E-state index is -1.02. The highest BCUT2D eigenvalue weighted by Crippen LogP contribution is 2.22. The van der Waals surface area contributed by atoms with Crippen LogP contribution in [-0.4, -0.2) is 41.1 Å². The molecule has 28 heavy (non-hydrogen) atoms. The molecule has 0 aromatic heterocycles. The van der Waals surface area contributed by atoms with E-state index >= 15 is 0 Å². The maximum atomic E-state index is 12.7. The Hall–Kier alpha value is -3.28. The summed E-state index contributed by atoms with van der Waals surface area (Å²) >= 11 is 0. The van der Waals surface area contributed by atoms with Crippen LogP contribution in [0.4, 0.5) is 0 Å². The molecule has 0 N–H and O–H groups in total. The molecule has 2 amide bonds. The molecule has 6 nitrogen and oxygen atoms in total. The van der Waals surface area contributed by atoms with Crippen molar-refractivity contribution >= 4 is 23.6 Å². The molecule has 0 aliphatic carbocycles. The number of aryl methyl sites for hydroxylation is 3. The van der Waals surface area contributed by atoms with Crippen molar-refractivity contribution in [2.45, 2.75) is 33.8 Å². The van der Waals surface area contributed by atoms with Gasteiger partial charge in [-0.25, -0.2) is 0 Å². The fraction of sp³-hybridized carbons (Fsp3) is 0.273. The highest BCUT2D eigenvalue weighted by atomic mass is 16.5. The Labute approximate surface area is 163 Å². The molecular formula is C22H21NO5. The number of ketones is 1. The number of amides is 2. The summed E-state index contributed by atoms with van der Waals surface area (Å²) in [6, 6.07) is 10.1. The summed E-state index contributed by atoms with van der Waals surface area (Å²) in [6.45, 7) is 6.65. The fourth-order valence-electron chi connectivity index (χ4n) is 3.24. The van der Waals surface area contributed by atoms with Crippen molar-refractivity contribution in [1.82, 2.24) is 4.90 Å². The Morgan fingerprint density at radius 2 is 1.46 bits per heavy atom. The number of benzene rings is 2. The van der Waals surface area contributed by atoms with Gasteiger partial charge in [0, 0.05) is 5.56 Å². The minimum Gasteiger partial charge on any atom is -0.453 e. The van der Waals surface area contributed by atoms with E-state index in [-0.39, 0.29) is 16.9 Å². The molecule has 0 radical (unpaired) electrons. The van der Waals surface area contributed by atoms with Gasteiger partial charge in [-0.05, 0) is 62.6 Å². The lowest BCUT2D eigenvalue weighted by molar-refractivity contribution is -0.146. The van der Waals surface area contributed by atoms with Crippen LogP contribution >= 0.6 is 0 Å². The first-order chi connectivity index (χ1) is 13.2. The standard InChI is InChI=1S/C22H21NO5/c1-12-9-14(3)18(10-13(12)2)20(25)15(4)28-19(24)11-23-21(26)16-7-5-6-8-17(16)22(23)27/h5-10,15H,11H2,1-4H3. The van der Waals surface area contributed by atoms with Crippen molar-refractivity contribution in [1.29, 1.82) is 0 Å². The van der Waals surface area contributed by atoms with Crippen LogP contribution in [0.25, 0.3) is 0 Å². The number of rotatable bonds is 5. The van der Waals surface area contributed by atoms with Gasteiger partial charge in [-0.2, -0.15) is 0 Å². The molecule has 144 valence electrons. The van der Waals surface area contributed by atoms with Crippen LogP contribution in [-0.2, 0) is 9.53 Å². The minimum absolute atomic E-state index is 0.259. The topological polar surface area (TPSA) is 80.8 Å². The predicted molar refractivity (Wildman–Crippen MR) is 102 cm³/mol. The molecule has 2 aromatic carbocycles. The Bertz CT molecular complexity index is 973. The second kappa shape index (κ2) is 7.38. The molecular weight excluding hydrogens is 358 g/mol. The number of carbonyl (C=O) groups is 4. The second-order valence-corrected chi connectivity index (χ2v) is 6.99. The van der Waals surface area contributed by atoms with Crippen molar-refractivity contribution in [3.63, 3.8) is 0 Å². The van der Waals surface area contributed by atoms with Gasteiger partial charge in [0.2, 0.25) is 5.78 Å². The monoisotopic (exact) mass is 379 g/mol. The third-order valence-corrected chi connectivity index (χ3v) is 4.95. The van der Waals surface area contributed by atoms with Crippen molar-refractivity contribution < 1.29 is 23.9 Å². The SMILES string of the molecule is Cc1cc(C)c(C(=O)C(C)OC(=O)CN2C(=O)c3ccccc3C2=O)cc1C. The molecule has 0 bridgehead atoms. The number of fused-ring (bicyclic) bond motifs is 1. The zero-order valence-electron chi connectivity index (χ0n) is 16.2. The summed E-state index contributed by atoms with van der Waals surface area (Å²) in [4.78, 5) is 50.5. The normalized spacial score (nSPS) is 14.1. The first-order valence-corrected chi connectivity index (χ1v) is 8.97. The van der Waals surface area contributed by atoms with Gasteiger partial charge < -0.3 is 4.74 Å². The van der Waals surface area contributed by atoms with Gasteiger partial charge in [0.1, 0.15) is 6.54 Å². The Morgan fingerprint density at radius 3 is 2.04 bits per heavy atom. The van der Waals surface area contributed by atoms with Crippen LogP contribution < -0.4 is 0 Å². The van der Waals surface area contributed by atoms with Crippen molar-refractivity contribution in [3.05, 3.63) is 69.8 Å². The van der Waals surface area contributed by atoms with Gasteiger partial charge in [0.15, 0.2) is 6.10 Å². The predicted octanol–water partition coefficient (Wildman–Crippen LogP) is 3.02. The zero-order chi connectivity index (χ0) is 20.6. The van der Waals surface area contributed by atoms with Crippen LogP contribution in [0.2, 0.25) is 0 Å². The summed E-state index contributed by atoms with van der Waals surface area (Å²) in [6.07, 6.45) is -1.02. The van der Waals surface area contributed by atoms with E-state index in [1.165, 1.54) is 19.1 Å². The fourth-order valence-corrected chi connectivity index (χ4v) is 3.24. The third-order valence-electron chi connectivity index (χ3n) is 4.95. The van der Waals surface area contributed by atoms with Gasteiger partial charge in [-0.1, -0.05) is 18.2 Å². The molecule has 0 spiro atoms. The third kappa shape index (κ3) is 3.45. The van der Waals surface area contributed by atoms with E-state index in [4.69, 9.17) is 4.74 Å². The van der Waals surface area contributed by atoms with Crippen LogP contribution in [0.5, 0.6) is 0 Å². The molecule has 0 saturated carbocycles. The Morgan fingerprint density at radius 1 is 0.929 bits per heavy atom. The summed E-state index contributed by atoms with van der Waals surface area (Å²) < 4.78 is 5.21. The first kappa shape index (κ1) is 19.5. The molecule has 2 aromatic rings. The van der Waals surface area contributed by atoms with E-state index < -0.39 is 30.4 Å². The largest absolute Gasteiger partial charge is 0.453 e. The quantitative estimate of drug-likeness (QED) is 0.453. The summed E-state index contributed by atoms with van der Waals surface area (Å²) in [5.74, 6) is -2.21. The van der Waals surface area contributed by atoms with Crippen molar-refractivity contribution in [2.75, 3.05) is 6.54 Å². The Balaban J connectivity index is 1.69. The van der Waals surface area contributed by atoms with Gasteiger partial charge in [0.25, 0.3) is 11.8 Å². The van der Waals surface area contributed by atoms with Crippen LogP contribution in [0.1, 0.15) is 54.7 Å². The number of esters is 1. The van der Waals surface area contributed by atoms with Gasteiger partial charge >= 0.3 is 5.97 Å². The van der Waals surface area contributed by atoms with Crippen molar-refractivity contribution in [2.24, 2.45) is 0 Å². The van der Waals surface area contributed by atoms with Gasteiger partial charge in [-0.15, -0.1) is 0 Å². The zero-order valence-corrected chi connectivity index (χ0v) is 16.2. The number of nitrogens with zero attached hydrogens (tertiary/aromatic N) is 1. The van der Waals surface area contributed by atoms with Crippen LogP contribution in [0, 0.1) is 20.8 Å². The van der Waals surface area contributed by atoms with Crippen molar-refractivity contribution in [3.8, 4) is 0 Å². The smallest absolute Gasteiger partial charge is 0.326 e. The van der Waals surface area contributed by atoms with E-state index in [9.17, 15) is 19.2 Å². The number of carbonyl (C=O) groups excluding carboxylic acids is 4. The molecule has 6 heteroatoms. The molecule has 1 atom stereocenters. The lowest BCUT2D eigenvalue weighted by atomic mass is 9.96. The molecule has 1 aliphatic heterocycles. The van der Waals surface area contributed by atoms with E-state index in [2.05, 4.69) is 0 Å². The lowest BCUT2D eigenvalue weighted by Gasteiger charge is -2.17. The Kier molecular flexibility index (Phi) is 5.14. The lowest BCUT2D eigenvalue weighted by Crippen LogP contribution is -2.37. The molecule has 0 fully saturated rings. The molecule has 1 aliphatic rings. The number of hydrogen-bond acceptors (Lipinski definition) is 5. The summed E-state index contributed by atoms with van der Waals surface area (Å²) in [7, 11) is 0. The maximum absolute atomic E-state index is 12.7. The number of Topliss-reactive ketones (excluding diaryl/α,β-unsaturated/α-hetero) is 1. The molecule has 1 heterocycles. The van der Waals surface area contributed by atoms with E-state index in [1.54, 1.807) is 18.2 Å². The molecule has 3 rings (SSSR count). The maximum Gasteiger partial charge on any atom is 0.326 e. The van der Waals surface area contributed by atoms with Crippen LogP contribution in [0.3, 0.4) is 0 Å². The summed E-state index contributed by atoms with van der Waals surface area (Å²) in [5, 5.41) is 0. The molecule has 0 saturated heterocycles. The van der Waals surface area contributed by atoms with Gasteiger partial charge in [0.05, 0.1) is 11.1 Å². The number of hydrogen-bond donors (Lipinski definition) is 0. The average Bonchev–Trinajstić information content (AvgIpc) is 2.89. The highest BCUT2D eigenvalue weighted by Gasteiger charge is 2.37. The molecule has 1 unspecified atom stereocenters. The van der Waals surface area contributed by atoms with E-state index in [0.717, 1.165) is 21.6 Å². The van der Waals surface area contributed by atoms with Crippen LogP contribution in [0.15, 0.2) is 36.4 Å². The summed E-state index contributed by atoms with van der Waals surface area (Å²) in [5.41, 5.74) is 3.86. The number of ether oxygens (including phenoxy) is 1. The number of imide groups is 1. The average molecular weight is 379 g/mol.